The first-order valence-electron chi connectivity index (χ1n) is 2.27. The Hall–Kier alpha value is -0.370. The van der Waals surface area contributed by atoms with Crippen LogP contribution in [0.1, 0.15) is 20.3 Å². The van der Waals surface area contributed by atoms with Crippen molar-refractivity contribution >= 4 is 6.21 Å². The lowest BCUT2D eigenvalue weighted by Gasteiger charge is -2.11. The molecule has 0 atom stereocenters. The van der Waals surface area contributed by atoms with Crippen LogP contribution in [-0.2, 0) is 0 Å². The average Bonchev–Trinajstić information content (AvgIpc) is 1.30. The molecule has 7 heavy (non-hydrogen) atoms. The van der Waals surface area contributed by atoms with Gasteiger partial charge in [-0.1, -0.05) is 0 Å². The zero-order valence-corrected chi connectivity index (χ0v) is 4.73. The van der Waals surface area contributed by atoms with Crippen molar-refractivity contribution in [2.45, 2.75) is 25.9 Å². The summed E-state index contributed by atoms with van der Waals surface area (Å²) in [5.41, 5.74) is -0.693. The van der Waals surface area contributed by atoms with Crippen molar-refractivity contribution in [2.24, 2.45) is 0 Å². The van der Waals surface area contributed by atoms with E-state index < -0.39 is 5.60 Å². The monoisotopic (exact) mass is 101 g/mol. The van der Waals surface area contributed by atoms with E-state index in [9.17, 15) is 0 Å². The average molecular weight is 101 g/mol. The normalized spacial score (nSPS) is 11.3. The molecule has 0 radical (unpaired) electrons. The molecule has 0 heterocycles. The molecule has 0 aliphatic rings. The van der Waals surface area contributed by atoms with Gasteiger partial charge in [0.2, 0.25) is 0 Å². The molecule has 0 saturated heterocycles. The molecule has 2 N–H and O–H groups in total. The maximum Gasteiger partial charge on any atom is 0.0640 e. The summed E-state index contributed by atoms with van der Waals surface area (Å²) in [6, 6.07) is 0. The fraction of sp³-hybridized carbons (Fsp3) is 0.800. The molecule has 0 aromatic rings. The Balaban J connectivity index is 3.34. The van der Waals surface area contributed by atoms with Gasteiger partial charge in [0.05, 0.1) is 5.60 Å². The van der Waals surface area contributed by atoms with E-state index in [4.69, 9.17) is 10.5 Å². The van der Waals surface area contributed by atoms with E-state index in [1.165, 1.54) is 6.21 Å². The number of nitrogens with one attached hydrogen (secondary N) is 1. The van der Waals surface area contributed by atoms with Gasteiger partial charge in [-0.05, 0) is 20.1 Å². The summed E-state index contributed by atoms with van der Waals surface area (Å²) < 4.78 is 0. The lowest BCUT2D eigenvalue weighted by atomic mass is 10.1. The van der Waals surface area contributed by atoms with Crippen LogP contribution in [0.3, 0.4) is 0 Å². The summed E-state index contributed by atoms with van der Waals surface area (Å²) in [4.78, 5) is 0. The van der Waals surface area contributed by atoms with Gasteiger partial charge in [-0.25, -0.2) is 0 Å². The van der Waals surface area contributed by atoms with Gasteiger partial charge in [0.1, 0.15) is 0 Å². The first-order chi connectivity index (χ1) is 3.06. The Morgan fingerprint density at radius 2 is 2.14 bits per heavy atom. The Bertz CT molecular complexity index is 63.0. The second-order valence-electron chi connectivity index (χ2n) is 2.22. The van der Waals surface area contributed by atoms with E-state index in [0.29, 0.717) is 6.42 Å². The molecule has 0 amide bonds. The SMILES string of the molecule is CC(C)(O)CC=N. The molecular weight excluding hydrogens is 90.1 g/mol. The summed E-state index contributed by atoms with van der Waals surface area (Å²) in [6.07, 6.45) is 1.65. The van der Waals surface area contributed by atoms with Crippen LogP contribution < -0.4 is 0 Å². The largest absolute Gasteiger partial charge is 0.390 e. The molecule has 0 saturated carbocycles. The van der Waals surface area contributed by atoms with Crippen LogP contribution in [-0.4, -0.2) is 16.9 Å². The zero-order chi connectivity index (χ0) is 5.91. The van der Waals surface area contributed by atoms with Crippen LogP contribution in [0.4, 0.5) is 0 Å². The summed E-state index contributed by atoms with van der Waals surface area (Å²) in [6.45, 7) is 3.36. The van der Waals surface area contributed by atoms with Gasteiger partial charge in [0, 0.05) is 6.42 Å². The second-order valence-corrected chi connectivity index (χ2v) is 2.22. The molecule has 2 heteroatoms. The molecule has 2 nitrogen and oxygen atoms in total. The van der Waals surface area contributed by atoms with Gasteiger partial charge in [-0.3, -0.25) is 0 Å². The smallest absolute Gasteiger partial charge is 0.0640 e. The van der Waals surface area contributed by atoms with Gasteiger partial charge in [-0.2, -0.15) is 0 Å². The standard InChI is InChI=1S/C5H11NO/c1-5(2,7)3-4-6/h4,6-7H,3H2,1-2H3. The Kier molecular flexibility index (Phi) is 1.96. The van der Waals surface area contributed by atoms with Crippen LogP contribution in [0.25, 0.3) is 0 Å². The molecule has 0 aliphatic heterocycles. The van der Waals surface area contributed by atoms with E-state index in [-0.39, 0.29) is 0 Å². The van der Waals surface area contributed by atoms with Crippen LogP contribution in [0.5, 0.6) is 0 Å². The van der Waals surface area contributed by atoms with Crippen LogP contribution >= 0.6 is 0 Å². The van der Waals surface area contributed by atoms with Crippen molar-refractivity contribution < 1.29 is 5.11 Å². The first-order valence-corrected chi connectivity index (χ1v) is 2.27. The third-order valence-electron chi connectivity index (χ3n) is 0.602. The van der Waals surface area contributed by atoms with Crippen LogP contribution in [0.2, 0.25) is 0 Å². The molecule has 0 bridgehead atoms. The topological polar surface area (TPSA) is 44.1 Å². The van der Waals surface area contributed by atoms with E-state index >= 15 is 0 Å². The number of hydrogen-bond acceptors (Lipinski definition) is 2. The van der Waals surface area contributed by atoms with E-state index in [1.807, 2.05) is 0 Å². The van der Waals surface area contributed by atoms with Crippen molar-refractivity contribution in [1.29, 1.82) is 5.41 Å². The highest BCUT2D eigenvalue weighted by Gasteiger charge is 2.08. The van der Waals surface area contributed by atoms with E-state index in [0.717, 1.165) is 0 Å². The van der Waals surface area contributed by atoms with Gasteiger partial charge in [-0.15, -0.1) is 0 Å². The summed E-state index contributed by atoms with van der Waals surface area (Å²) >= 11 is 0. The maximum atomic E-state index is 8.87. The highest BCUT2D eigenvalue weighted by atomic mass is 16.3. The highest BCUT2D eigenvalue weighted by Crippen LogP contribution is 2.02. The van der Waals surface area contributed by atoms with Crippen LogP contribution in [0.15, 0.2) is 0 Å². The molecule has 0 unspecified atom stereocenters. The Labute approximate surface area is 43.7 Å². The molecule has 0 aliphatic carbocycles. The van der Waals surface area contributed by atoms with Crippen LogP contribution in [0, 0.1) is 5.41 Å². The third kappa shape index (κ3) is 5.63. The molecule has 0 aromatic carbocycles. The molecule has 0 rings (SSSR count). The Morgan fingerprint density at radius 3 is 2.14 bits per heavy atom. The molecule has 0 spiro atoms. The summed E-state index contributed by atoms with van der Waals surface area (Å²) in [5, 5.41) is 15.4. The predicted octanol–water partition coefficient (Wildman–Crippen LogP) is 0.797. The Morgan fingerprint density at radius 1 is 1.71 bits per heavy atom. The predicted molar refractivity (Wildman–Crippen MR) is 29.7 cm³/mol. The quantitative estimate of drug-likeness (QED) is 0.496. The second kappa shape index (κ2) is 2.07. The molecule has 0 fully saturated rings. The van der Waals surface area contributed by atoms with Gasteiger partial charge in [0.15, 0.2) is 0 Å². The number of rotatable bonds is 2. The van der Waals surface area contributed by atoms with Crippen molar-refractivity contribution in [3.63, 3.8) is 0 Å². The van der Waals surface area contributed by atoms with Gasteiger partial charge in [0.25, 0.3) is 0 Å². The molecule has 42 valence electrons. The van der Waals surface area contributed by atoms with Gasteiger partial charge < -0.3 is 10.5 Å². The van der Waals surface area contributed by atoms with Crippen molar-refractivity contribution in [2.75, 3.05) is 0 Å². The summed E-state index contributed by atoms with van der Waals surface area (Å²) in [7, 11) is 0. The van der Waals surface area contributed by atoms with Crippen molar-refractivity contribution in [3.8, 4) is 0 Å². The first kappa shape index (κ1) is 6.63. The molecule has 0 aromatic heterocycles. The lowest BCUT2D eigenvalue weighted by Crippen LogP contribution is -2.18. The zero-order valence-electron chi connectivity index (χ0n) is 4.73. The highest BCUT2D eigenvalue weighted by molar-refractivity contribution is 5.54. The fourth-order valence-electron chi connectivity index (χ4n) is 0.250. The van der Waals surface area contributed by atoms with E-state index in [2.05, 4.69) is 0 Å². The lowest BCUT2D eigenvalue weighted by molar-refractivity contribution is 0.0896. The minimum atomic E-state index is -0.693. The van der Waals surface area contributed by atoms with Crippen molar-refractivity contribution in [3.05, 3.63) is 0 Å². The fourth-order valence-corrected chi connectivity index (χ4v) is 0.250. The van der Waals surface area contributed by atoms with Crippen molar-refractivity contribution in [1.82, 2.24) is 0 Å². The number of aliphatic hydroxyl groups is 1. The summed E-state index contributed by atoms with van der Waals surface area (Å²) in [5.74, 6) is 0. The van der Waals surface area contributed by atoms with E-state index in [1.54, 1.807) is 13.8 Å². The van der Waals surface area contributed by atoms with Gasteiger partial charge >= 0.3 is 0 Å². The maximum absolute atomic E-state index is 8.87. The number of hydrogen-bond donors (Lipinski definition) is 2. The minimum absolute atomic E-state index is 0.438. The third-order valence-corrected chi connectivity index (χ3v) is 0.602. The molecular formula is C5H11NO. The minimum Gasteiger partial charge on any atom is -0.390 e.